The number of nitrogens with zero attached hydrogens (tertiary/aromatic N) is 2. The van der Waals surface area contributed by atoms with Gasteiger partial charge in [-0.25, -0.2) is 0 Å². The molecule has 5 nitrogen and oxygen atoms in total. The second-order valence-electron chi connectivity index (χ2n) is 3.52. The zero-order valence-electron chi connectivity index (χ0n) is 9.07. The van der Waals surface area contributed by atoms with E-state index < -0.39 is 0 Å². The Morgan fingerprint density at radius 3 is 3.07 bits per heavy atom. The monoisotopic (exact) mass is 210 g/mol. The normalized spacial score (nSPS) is 10.3. The van der Waals surface area contributed by atoms with Crippen LogP contribution in [-0.2, 0) is 11.3 Å². The number of rotatable bonds is 6. The fraction of sp³-hybridized carbons (Fsp3) is 0.600. The van der Waals surface area contributed by atoms with Gasteiger partial charge in [0.2, 0.25) is 5.91 Å². The van der Waals surface area contributed by atoms with Crippen LogP contribution in [0, 0.1) is 6.92 Å². The number of carbonyl (C=O) groups excluding carboxylic acids is 1. The molecule has 0 aliphatic rings. The second kappa shape index (κ2) is 6.19. The molecule has 0 saturated heterocycles. The molecular weight excluding hydrogens is 192 g/mol. The molecule has 0 aliphatic heterocycles. The number of aryl methyl sites for hydroxylation is 2. The van der Waals surface area contributed by atoms with Crippen molar-refractivity contribution in [2.24, 2.45) is 5.73 Å². The highest BCUT2D eigenvalue weighted by molar-refractivity contribution is 5.75. The average molecular weight is 210 g/mol. The number of nitrogens with two attached hydrogens (primary N) is 1. The quantitative estimate of drug-likeness (QED) is 0.651. The highest BCUT2D eigenvalue weighted by Crippen LogP contribution is 1.95. The summed E-state index contributed by atoms with van der Waals surface area (Å²) in [5, 5.41) is 6.90. The van der Waals surface area contributed by atoms with Crippen LogP contribution in [0.5, 0.6) is 0 Å². The van der Waals surface area contributed by atoms with Gasteiger partial charge in [0, 0.05) is 25.7 Å². The zero-order valence-corrected chi connectivity index (χ0v) is 9.07. The lowest BCUT2D eigenvalue weighted by Crippen LogP contribution is -2.26. The molecule has 0 saturated carbocycles. The van der Waals surface area contributed by atoms with Gasteiger partial charge in [0.15, 0.2) is 0 Å². The summed E-state index contributed by atoms with van der Waals surface area (Å²) in [4.78, 5) is 11.3. The van der Waals surface area contributed by atoms with E-state index in [-0.39, 0.29) is 5.91 Å². The molecule has 15 heavy (non-hydrogen) atoms. The lowest BCUT2D eigenvalue weighted by atomic mass is 10.3. The van der Waals surface area contributed by atoms with Crippen molar-refractivity contribution in [3.63, 3.8) is 0 Å². The van der Waals surface area contributed by atoms with E-state index >= 15 is 0 Å². The van der Waals surface area contributed by atoms with Gasteiger partial charge >= 0.3 is 0 Å². The number of hydrogen-bond acceptors (Lipinski definition) is 3. The Morgan fingerprint density at radius 2 is 2.47 bits per heavy atom. The standard InChI is InChI=1S/C10H18N4O/c1-9-7-13-14(8-9)6-3-10(15)12-5-2-4-11/h7-8H,2-6,11H2,1H3,(H,12,15). The van der Waals surface area contributed by atoms with Crippen LogP contribution < -0.4 is 11.1 Å². The van der Waals surface area contributed by atoms with E-state index in [2.05, 4.69) is 10.4 Å². The third-order valence-electron chi connectivity index (χ3n) is 2.03. The highest BCUT2D eigenvalue weighted by Gasteiger charge is 2.01. The number of aromatic nitrogens is 2. The molecule has 1 aromatic rings. The first kappa shape index (κ1) is 11.7. The van der Waals surface area contributed by atoms with Gasteiger partial charge in [-0.3, -0.25) is 9.48 Å². The average Bonchev–Trinajstić information content (AvgIpc) is 2.62. The van der Waals surface area contributed by atoms with Crippen LogP contribution in [0.2, 0.25) is 0 Å². The van der Waals surface area contributed by atoms with Crippen LogP contribution in [-0.4, -0.2) is 28.8 Å². The van der Waals surface area contributed by atoms with E-state index in [0.717, 1.165) is 12.0 Å². The largest absolute Gasteiger partial charge is 0.356 e. The van der Waals surface area contributed by atoms with Crippen molar-refractivity contribution in [2.45, 2.75) is 26.3 Å². The summed E-state index contributed by atoms with van der Waals surface area (Å²) in [6.07, 6.45) is 5.00. The van der Waals surface area contributed by atoms with Crippen molar-refractivity contribution in [1.82, 2.24) is 15.1 Å². The summed E-state index contributed by atoms with van der Waals surface area (Å²) in [6, 6.07) is 0. The first-order valence-electron chi connectivity index (χ1n) is 5.18. The fourth-order valence-corrected chi connectivity index (χ4v) is 1.22. The summed E-state index contributed by atoms with van der Waals surface area (Å²) >= 11 is 0. The van der Waals surface area contributed by atoms with Gasteiger partial charge in [0.1, 0.15) is 0 Å². The van der Waals surface area contributed by atoms with Gasteiger partial charge in [-0.05, 0) is 25.5 Å². The van der Waals surface area contributed by atoms with Crippen LogP contribution in [0.15, 0.2) is 12.4 Å². The second-order valence-corrected chi connectivity index (χ2v) is 3.52. The van der Waals surface area contributed by atoms with Crippen LogP contribution >= 0.6 is 0 Å². The fourth-order valence-electron chi connectivity index (χ4n) is 1.22. The van der Waals surface area contributed by atoms with Crippen molar-refractivity contribution in [2.75, 3.05) is 13.1 Å². The first-order chi connectivity index (χ1) is 7.22. The molecule has 1 aromatic heterocycles. The van der Waals surface area contributed by atoms with Gasteiger partial charge in [0.25, 0.3) is 0 Å². The van der Waals surface area contributed by atoms with E-state index in [9.17, 15) is 4.79 Å². The molecule has 3 N–H and O–H groups in total. The van der Waals surface area contributed by atoms with Gasteiger partial charge in [0.05, 0.1) is 6.20 Å². The maximum absolute atomic E-state index is 11.3. The molecule has 0 spiro atoms. The Labute approximate surface area is 89.6 Å². The predicted molar refractivity (Wildman–Crippen MR) is 58.3 cm³/mol. The van der Waals surface area contributed by atoms with Gasteiger partial charge in [-0.2, -0.15) is 5.10 Å². The van der Waals surface area contributed by atoms with E-state index in [1.807, 2.05) is 13.1 Å². The summed E-state index contributed by atoms with van der Waals surface area (Å²) < 4.78 is 1.78. The molecule has 0 aromatic carbocycles. The van der Waals surface area contributed by atoms with Crippen LogP contribution in [0.25, 0.3) is 0 Å². The molecule has 84 valence electrons. The Morgan fingerprint density at radius 1 is 1.67 bits per heavy atom. The maximum Gasteiger partial charge on any atom is 0.221 e. The minimum atomic E-state index is 0.0524. The van der Waals surface area contributed by atoms with E-state index in [4.69, 9.17) is 5.73 Å². The third-order valence-corrected chi connectivity index (χ3v) is 2.03. The van der Waals surface area contributed by atoms with Crippen molar-refractivity contribution < 1.29 is 4.79 Å². The summed E-state index contributed by atoms with van der Waals surface area (Å²) in [7, 11) is 0. The molecule has 1 heterocycles. The van der Waals surface area contributed by atoms with Gasteiger partial charge in [-0.1, -0.05) is 0 Å². The molecule has 0 unspecified atom stereocenters. The smallest absolute Gasteiger partial charge is 0.221 e. The molecule has 1 rings (SSSR count). The van der Waals surface area contributed by atoms with Gasteiger partial charge in [-0.15, -0.1) is 0 Å². The zero-order chi connectivity index (χ0) is 11.1. The summed E-state index contributed by atoms with van der Waals surface area (Å²) in [5.41, 5.74) is 6.43. The first-order valence-corrected chi connectivity index (χ1v) is 5.18. The number of nitrogens with one attached hydrogen (secondary N) is 1. The minimum absolute atomic E-state index is 0.0524. The van der Waals surface area contributed by atoms with E-state index in [1.54, 1.807) is 10.9 Å². The summed E-state index contributed by atoms with van der Waals surface area (Å²) in [5.74, 6) is 0.0524. The molecule has 1 amide bonds. The number of hydrogen-bond donors (Lipinski definition) is 2. The Balaban J connectivity index is 2.16. The van der Waals surface area contributed by atoms with Crippen molar-refractivity contribution in [3.8, 4) is 0 Å². The maximum atomic E-state index is 11.3. The number of amides is 1. The summed E-state index contributed by atoms with van der Waals surface area (Å²) in [6.45, 7) is 3.87. The lowest BCUT2D eigenvalue weighted by molar-refractivity contribution is -0.121. The van der Waals surface area contributed by atoms with Crippen LogP contribution in [0.1, 0.15) is 18.4 Å². The minimum Gasteiger partial charge on any atom is -0.356 e. The van der Waals surface area contributed by atoms with E-state index in [0.29, 0.717) is 26.1 Å². The predicted octanol–water partition coefficient (Wildman–Crippen LogP) is 0.0466. The Hall–Kier alpha value is -1.36. The van der Waals surface area contributed by atoms with Crippen molar-refractivity contribution in [3.05, 3.63) is 18.0 Å². The SMILES string of the molecule is Cc1cnn(CCC(=O)NCCCN)c1. The molecule has 0 atom stereocenters. The van der Waals surface area contributed by atoms with E-state index in [1.165, 1.54) is 0 Å². The van der Waals surface area contributed by atoms with Crippen LogP contribution in [0.3, 0.4) is 0 Å². The Bertz CT molecular complexity index is 308. The Kier molecular flexibility index (Phi) is 4.83. The number of carbonyl (C=O) groups is 1. The molecular formula is C10H18N4O. The van der Waals surface area contributed by atoms with Gasteiger partial charge < -0.3 is 11.1 Å². The molecule has 0 bridgehead atoms. The third kappa shape index (κ3) is 4.60. The molecule has 0 radical (unpaired) electrons. The molecule has 5 heteroatoms. The molecule has 0 aliphatic carbocycles. The van der Waals surface area contributed by atoms with Crippen molar-refractivity contribution >= 4 is 5.91 Å². The lowest BCUT2D eigenvalue weighted by Gasteiger charge is -2.04. The molecule has 0 fully saturated rings. The topological polar surface area (TPSA) is 72.9 Å². The van der Waals surface area contributed by atoms with Crippen molar-refractivity contribution in [1.29, 1.82) is 0 Å². The van der Waals surface area contributed by atoms with Crippen LogP contribution in [0.4, 0.5) is 0 Å². The highest BCUT2D eigenvalue weighted by atomic mass is 16.1.